The first-order valence-electron chi connectivity index (χ1n) is 10.5. The van der Waals surface area contributed by atoms with Crippen LogP contribution in [0.4, 0.5) is 0 Å². The second kappa shape index (κ2) is 12.5. The topological polar surface area (TPSA) is 84.9 Å². The zero-order valence-electron chi connectivity index (χ0n) is 17.8. The van der Waals surface area contributed by atoms with Gasteiger partial charge < -0.3 is 19.9 Å². The maximum Gasteiger partial charge on any atom is 0.347 e. The number of phenols is 1. The number of carbonyl (C=O) groups excluding carboxylic acids is 2. The number of hydrogen-bond acceptors (Lipinski definition) is 5. The standard InChI is InChI=1S/C24H31NO5/c1-3-4-5-6-7-8-13-23(27)25-17-18-14-15-21(22(16-18)29-2)30-24(28)19-11-9-10-12-20(19)26/h9-12,14-16,26H,3-8,13,17H2,1-2H3,(H,25,27). The van der Waals surface area contributed by atoms with Crippen LogP contribution in [0.15, 0.2) is 42.5 Å². The van der Waals surface area contributed by atoms with Gasteiger partial charge in [0.15, 0.2) is 11.5 Å². The van der Waals surface area contributed by atoms with Crippen LogP contribution in [0.1, 0.15) is 67.8 Å². The molecule has 0 saturated carbocycles. The molecule has 2 aromatic rings. The Morgan fingerprint density at radius 3 is 2.43 bits per heavy atom. The number of benzene rings is 2. The molecule has 1 amide bonds. The van der Waals surface area contributed by atoms with Gasteiger partial charge in [-0.25, -0.2) is 4.79 Å². The number of esters is 1. The van der Waals surface area contributed by atoms with Crippen LogP contribution in [0.2, 0.25) is 0 Å². The Morgan fingerprint density at radius 1 is 0.967 bits per heavy atom. The third-order valence-corrected chi connectivity index (χ3v) is 4.80. The summed E-state index contributed by atoms with van der Waals surface area (Å²) in [4.78, 5) is 24.3. The molecule has 0 atom stereocenters. The van der Waals surface area contributed by atoms with E-state index in [1.165, 1.54) is 44.9 Å². The number of rotatable bonds is 12. The number of amides is 1. The molecule has 2 N–H and O–H groups in total. The van der Waals surface area contributed by atoms with Crippen LogP contribution in [0.3, 0.4) is 0 Å². The SMILES string of the molecule is CCCCCCCCC(=O)NCc1ccc(OC(=O)c2ccccc2O)c(OC)c1. The zero-order chi connectivity index (χ0) is 21.8. The van der Waals surface area contributed by atoms with E-state index in [-0.39, 0.29) is 23.0 Å². The molecule has 0 heterocycles. The lowest BCUT2D eigenvalue weighted by atomic mass is 10.1. The van der Waals surface area contributed by atoms with Crippen molar-refractivity contribution in [3.63, 3.8) is 0 Å². The molecule has 0 spiro atoms. The molecular weight excluding hydrogens is 382 g/mol. The number of ether oxygens (including phenoxy) is 2. The van der Waals surface area contributed by atoms with E-state index in [1.807, 2.05) is 0 Å². The molecule has 162 valence electrons. The maximum atomic E-state index is 12.3. The van der Waals surface area contributed by atoms with Gasteiger partial charge in [0.1, 0.15) is 11.3 Å². The summed E-state index contributed by atoms with van der Waals surface area (Å²) in [6.45, 7) is 2.56. The van der Waals surface area contributed by atoms with E-state index < -0.39 is 5.97 Å². The number of phenolic OH excluding ortho intramolecular Hbond substituents is 1. The molecule has 0 saturated heterocycles. The molecule has 0 radical (unpaired) electrons. The maximum absolute atomic E-state index is 12.3. The number of methoxy groups -OCH3 is 1. The molecule has 30 heavy (non-hydrogen) atoms. The van der Waals surface area contributed by atoms with Gasteiger partial charge in [-0.3, -0.25) is 4.79 Å². The van der Waals surface area contributed by atoms with Gasteiger partial charge in [-0.1, -0.05) is 57.2 Å². The van der Waals surface area contributed by atoms with Crippen molar-refractivity contribution in [3.05, 3.63) is 53.6 Å². The van der Waals surface area contributed by atoms with Gasteiger partial charge in [-0.2, -0.15) is 0 Å². The second-order valence-corrected chi connectivity index (χ2v) is 7.19. The molecule has 0 fully saturated rings. The number of hydrogen-bond donors (Lipinski definition) is 2. The molecule has 2 aromatic carbocycles. The molecule has 0 aromatic heterocycles. The molecule has 0 bridgehead atoms. The van der Waals surface area contributed by atoms with Gasteiger partial charge >= 0.3 is 5.97 Å². The van der Waals surface area contributed by atoms with Crippen molar-refractivity contribution in [1.82, 2.24) is 5.32 Å². The van der Waals surface area contributed by atoms with Crippen molar-refractivity contribution in [2.24, 2.45) is 0 Å². The van der Waals surface area contributed by atoms with E-state index in [2.05, 4.69) is 12.2 Å². The summed E-state index contributed by atoms with van der Waals surface area (Å²) in [6, 6.07) is 11.3. The van der Waals surface area contributed by atoms with E-state index in [0.29, 0.717) is 18.7 Å². The van der Waals surface area contributed by atoms with E-state index in [4.69, 9.17) is 9.47 Å². The van der Waals surface area contributed by atoms with Crippen LogP contribution in [-0.2, 0) is 11.3 Å². The third kappa shape index (κ3) is 7.43. The van der Waals surface area contributed by atoms with Crippen LogP contribution in [0.25, 0.3) is 0 Å². The van der Waals surface area contributed by atoms with Gasteiger partial charge in [0.25, 0.3) is 0 Å². The Labute approximate surface area is 178 Å². The average molecular weight is 414 g/mol. The van der Waals surface area contributed by atoms with Crippen LogP contribution in [0, 0.1) is 0 Å². The molecule has 0 unspecified atom stereocenters. The predicted molar refractivity (Wildman–Crippen MR) is 116 cm³/mol. The van der Waals surface area contributed by atoms with Crippen LogP contribution in [-0.4, -0.2) is 24.1 Å². The molecule has 0 aliphatic carbocycles. The first kappa shape index (κ1) is 23.3. The number of unbranched alkanes of at least 4 members (excludes halogenated alkanes) is 5. The summed E-state index contributed by atoms with van der Waals surface area (Å²) in [5, 5.41) is 12.7. The highest BCUT2D eigenvalue weighted by molar-refractivity contribution is 5.94. The highest BCUT2D eigenvalue weighted by Crippen LogP contribution is 2.29. The summed E-state index contributed by atoms with van der Waals surface area (Å²) in [5.74, 6) is -0.175. The fraction of sp³-hybridized carbons (Fsp3) is 0.417. The number of para-hydroxylation sites is 1. The van der Waals surface area contributed by atoms with Crippen molar-refractivity contribution in [2.75, 3.05) is 7.11 Å². The van der Waals surface area contributed by atoms with Gasteiger partial charge in [0, 0.05) is 13.0 Å². The van der Waals surface area contributed by atoms with Gasteiger partial charge in [-0.05, 0) is 36.2 Å². The number of carbonyl (C=O) groups is 2. The third-order valence-electron chi connectivity index (χ3n) is 4.80. The van der Waals surface area contributed by atoms with Gasteiger partial charge in [-0.15, -0.1) is 0 Å². The van der Waals surface area contributed by atoms with Crippen molar-refractivity contribution < 1.29 is 24.2 Å². The largest absolute Gasteiger partial charge is 0.507 e. The Balaban J connectivity index is 1.86. The van der Waals surface area contributed by atoms with Crippen LogP contribution >= 0.6 is 0 Å². The highest BCUT2D eigenvalue weighted by atomic mass is 16.6. The minimum atomic E-state index is -0.675. The van der Waals surface area contributed by atoms with Gasteiger partial charge in [0.2, 0.25) is 5.91 Å². The van der Waals surface area contributed by atoms with E-state index in [1.54, 1.807) is 30.3 Å². The summed E-state index contributed by atoms with van der Waals surface area (Å²) >= 11 is 0. The fourth-order valence-electron chi connectivity index (χ4n) is 3.06. The Morgan fingerprint density at radius 2 is 1.70 bits per heavy atom. The lowest BCUT2D eigenvalue weighted by molar-refractivity contribution is -0.121. The number of nitrogens with one attached hydrogen (secondary N) is 1. The molecular formula is C24H31NO5. The van der Waals surface area contributed by atoms with Crippen molar-refractivity contribution in [2.45, 2.75) is 58.4 Å². The summed E-state index contributed by atoms with van der Waals surface area (Å²) < 4.78 is 10.7. The lowest BCUT2D eigenvalue weighted by Gasteiger charge is -2.12. The minimum Gasteiger partial charge on any atom is -0.507 e. The first-order valence-corrected chi connectivity index (χ1v) is 10.5. The molecule has 0 aliphatic heterocycles. The number of aromatic hydroxyl groups is 1. The Bertz CT molecular complexity index is 834. The van der Waals surface area contributed by atoms with E-state index >= 15 is 0 Å². The van der Waals surface area contributed by atoms with Gasteiger partial charge in [0.05, 0.1) is 7.11 Å². The quantitative estimate of drug-likeness (QED) is 0.291. The van der Waals surface area contributed by atoms with E-state index in [9.17, 15) is 14.7 Å². The first-order chi connectivity index (χ1) is 14.5. The average Bonchev–Trinajstić information content (AvgIpc) is 2.75. The van der Waals surface area contributed by atoms with Crippen LogP contribution < -0.4 is 14.8 Å². The second-order valence-electron chi connectivity index (χ2n) is 7.19. The predicted octanol–water partition coefficient (Wildman–Crippen LogP) is 4.99. The fourth-order valence-corrected chi connectivity index (χ4v) is 3.06. The monoisotopic (exact) mass is 413 g/mol. The Kier molecular flexibility index (Phi) is 9.71. The lowest BCUT2D eigenvalue weighted by Crippen LogP contribution is -2.22. The molecule has 0 aliphatic rings. The highest BCUT2D eigenvalue weighted by Gasteiger charge is 2.16. The molecule has 6 nitrogen and oxygen atoms in total. The zero-order valence-corrected chi connectivity index (χ0v) is 17.8. The Hall–Kier alpha value is -3.02. The summed E-state index contributed by atoms with van der Waals surface area (Å²) in [6.07, 6.45) is 7.40. The summed E-state index contributed by atoms with van der Waals surface area (Å²) in [5.41, 5.74) is 0.913. The van der Waals surface area contributed by atoms with Crippen molar-refractivity contribution >= 4 is 11.9 Å². The van der Waals surface area contributed by atoms with Crippen molar-refractivity contribution in [1.29, 1.82) is 0 Å². The van der Waals surface area contributed by atoms with Crippen molar-refractivity contribution in [3.8, 4) is 17.2 Å². The van der Waals surface area contributed by atoms with E-state index in [0.717, 1.165) is 18.4 Å². The molecule has 6 heteroatoms. The summed E-state index contributed by atoms with van der Waals surface area (Å²) in [7, 11) is 1.48. The molecule has 2 rings (SSSR count). The normalized spacial score (nSPS) is 10.5. The smallest absolute Gasteiger partial charge is 0.347 e. The minimum absolute atomic E-state index is 0.0273. The van der Waals surface area contributed by atoms with Crippen LogP contribution in [0.5, 0.6) is 17.2 Å².